The van der Waals surface area contributed by atoms with E-state index in [1.807, 2.05) is 0 Å². The van der Waals surface area contributed by atoms with E-state index in [0.29, 0.717) is 0 Å². The highest BCUT2D eigenvalue weighted by Crippen LogP contribution is 2.21. The van der Waals surface area contributed by atoms with Gasteiger partial charge in [-0.05, 0) is 25.7 Å². The van der Waals surface area contributed by atoms with Gasteiger partial charge in [0, 0.05) is 7.11 Å². The van der Waals surface area contributed by atoms with Crippen molar-refractivity contribution in [2.24, 2.45) is 0 Å². The highest BCUT2D eigenvalue weighted by molar-refractivity contribution is 7.43. The minimum Gasteiger partial charge on any atom is -0.790 e. The molecule has 0 rings (SSSR count). The Labute approximate surface area is 214 Å². The van der Waals surface area contributed by atoms with E-state index in [1.165, 1.54) is 116 Å². The van der Waals surface area contributed by atoms with Crippen LogP contribution in [0.5, 0.6) is 0 Å². The molecule has 6 nitrogen and oxygen atoms in total. The van der Waals surface area contributed by atoms with Crippen molar-refractivity contribution in [2.75, 3.05) is 62.5 Å². The van der Waals surface area contributed by atoms with Crippen LogP contribution < -0.4 is 9.79 Å². The number of hydrogen-bond donors (Lipinski definition) is 0. The average molecular weight is 511 g/mol. The van der Waals surface area contributed by atoms with E-state index < -0.39 is 7.82 Å². The van der Waals surface area contributed by atoms with E-state index in [2.05, 4.69) is 60.7 Å². The Bertz CT molecular complexity index is 413. The fraction of sp³-hybridized carbons (Fsp3) is 1.00. The third kappa shape index (κ3) is 49.2. The molecule has 0 N–H and O–H groups in total. The second-order valence-electron chi connectivity index (χ2n) is 11.6. The van der Waals surface area contributed by atoms with Crippen LogP contribution in [0.15, 0.2) is 0 Å². The van der Waals surface area contributed by atoms with Crippen LogP contribution in [0, 0.1) is 0 Å². The maximum Gasteiger partial charge on any atom is 0.0780 e. The van der Waals surface area contributed by atoms with Crippen LogP contribution >= 0.6 is 7.82 Å². The molecule has 0 aliphatic heterocycles. The summed E-state index contributed by atoms with van der Waals surface area (Å²) in [6.45, 7) is 7.21. The lowest BCUT2D eigenvalue weighted by Crippen LogP contribution is -2.35. The van der Waals surface area contributed by atoms with Gasteiger partial charge >= 0.3 is 0 Å². The zero-order valence-electron chi connectivity index (χ0n) is 24.7. The third-order valence-corrected chi connectivity index (χ3v) is 6.04. The number of phosphoric acid groups is 1. The van der Waals surface area contributed by atoms with Crippen molar-refractivity contribution < 1.29 is 27.8 Å². The summed E-state index contributed by atoms with van der Waals surface area (Å²) in [4.78, 5) is 18.5. The molecule has 0 aromatic carbocycles. The number of hydrogen-bond acceptors (Lipinski definition) is 4. The molecule has 0 aromatic heterocycles. The molecule has 0 aliphatic rings. The Kier molecular flexibility index (Phi) is 28.0. The Morgan fingerprint density at radius 1 is 0.529 bits per heavy atom. The molecule has 7 heteroatoms. The van der Waals surface area contributed by atoms with E-state index in [9.17, 15) is 14.4 Å². The fourth-order valence-corrected chi connectivity index (χ4v) is 3.44. The minimum atomic E-state index is -4.65. The molecule has 0 unspecified atom stereocenters. The molecule has 0 saturated heterocycles. The molecule has 0 spiro atoms. The maximum absolute atomic E-state index is 9.25. The van der Waals surface area contributed by atoms with Crippen molar-refractivity contribution >= 4 is 7.82 Å². The van der Waals surface area contributed by atoms with E-state index in [1.54, 1.807) is 0 Å². The molecule has 0 fully saturated rings. The Morgan fingerprint density at radius 3 is 0.912 bits per heavy atom. The molecule has 0 atom stereocenters. The van der Waals surface area contributed by atoms with E-state index in [-0.39, 0.29) is 0 Å². The maximum atomic E-state index is 9.25. The molecule has 0 amide bonds. The molecule has 0 aromatic rings. The van der Waals surface area contributed by atoms with Gasteiger partial charge in [0.15, 0.2) is 0 Å². The van der Waals surface area contributed by atoms with Crippen LogP contribution in [0.1, 0.15) is 117 Å². The number of quaternary nitrogens is 2. The summed E-state index contributed by atoms with van der Waals surface area (Å²) < 4.78 is 14.9. The van der Waals surface area contributed by atoms with E-state index >= 15 is 0 Å². The number of nitrogens with zero attached hydrogens (tertiary/aromatic N) is 2. The topological polar surface area (TPSA) is 72.4 Å². The predicted octanol–water partition coefficient (Wildman–Crippen LogP) is 6.13. The second kappa shape index (κ2) is 24.7. The predicted molar refractivity (Wildman–Crippen MR) is 146 cm³/mol. The Morgan fingerprint density at radius 2 is 0.735 bits per heavy atom. The van der Waals surface area contributed by atoms with Crippen molar-refractivity contribution in [2.45, 2.75) is 117 Å². The fourth-order valence-electron chi connectivity index (χ4n) is 3.44. The molecule has 210 valence electrons. The number of rotatable bonds is 19. The molecular weight excluding hydrogens is 447 g/mol. The van der Waals surface area contributed by atoms with Crippen LogP contribution in [-0.4, -0.2) is 71.5 Å². The van der Waals surface area contributed by atoms with Gasteiger partial charge in [0.05, 0.1) is 63.2 Å². The largest absolute Gasteiger partial charge is 0.790 e. The van der Waals surface area contributed by atoms with E-state index in [4.69, 9.17) is 0 Å². The van der Waals surface area contributed by atoms with Gasteiger partial charge in [0.25, 0.3) is 0 Å². The van der Waals surface area contributed by atoms with E-state index in [0.717, 1.165) is 16.1 Å². The third-order valence-electron chi connectivity index (χ3n) is 5.59. The van der Waals surface area contributed by atoms with Crippen LogP contribution in [0.25, 0.3) is 0 Å². The van der Waals surface area contributed by atoms with Gasteiger partial charge in [-0.3, -0.25) is 0 Å². The standard InChI is InChI=1S/2C13H30N.CH5O4P/c2*1-5-6-7-8-9-10-11-12-13-14(2,3)4;1-5-6(2,3)4/h2*5-13H2,1-4H3;1H3,(H2,2,3,4)/q2*+1;/p-2. The Hall–Kier alpha value is 0.0300. The van der Waals surface area contributed by atoms with Crippen LogP contribution in [0.2, 0.25) is 0 Å². The van der Waals surface area contributed by atoms with Crippen LogP contribution in [0.3, 0.4) is 0 Å². The quantitative estimate of drug-likeness (QED) is 0.119. The average Bonchev–Trinajstić information content (AvgIpc) is 2.71. The smallest absolute Gasteiger partial charge is 0.0780 e. The molecule has 0 aliphatic carbocycles. The summed E-state index contributed by atoms with van der Waals surface area (Å²) in [5.74, 6) is 0. The van der Waals surface area contributed by atoms with Crippen molar-refractivity contribution in [1.29, 1.82) is 0 Å². The van der Waals surface area contributed by atoms with Crippen LogP contribution in [-0.2, 0) is 9.09 Å². The zero-order chi connectivity index (χ0) is 26.9. The lowest BCUT2D eigenvalue weighted by Gasteiger charge is -2.25. The monoisotopic (exact) mass is 510 g/mol. The van der Waals surface area contributed by atoms with Gasteiger partial charge in [-0.15, -0.1) is 0 Å². The van der Waals surface area contributed by atoms with Crippen molar-refractivity contribution in [3.05, 3.63) is 0 Å². The molecular formula is C27H63N2O4P. The highest BCUT2D eigenvalue weighted by Gasteiger charge is 2.05. The molecule has 0 radical (unpaired) electrons. The summed E-state index contributed by atoms with van der Waals surface area (Å²) in [5, 5.41) is 0. The van der Waals surface area contributed by atoms with Crippen molar-refractivity contribution in [3.8, 4) is 0 Å². The molecule has 34 heavy (non-hydrogen) atoms. The highest BCUT2D eigenvalue weighted by atomic mass is 31.2. The van der Waals surface area contributed by atoms with Gasteiger partial charge < -0.3 is 27.8 Å². The Balaban J connectivity index is -0.000000458. The lowest BCUT2D eigenvalue weighted by atomic mass is 10.1. The van der Waals surface area contributed by atoms with Gasteiger partial charge in [-0.25, -0.2) is 0 Å². The van der Waals surface area contributed by atoms with Gasteiger partial charge in [0.2, 0.25) is 0 Å². The summed E-state index contributed by atoms with van der Waals surface area (Å²) in [5.41, 5.74) is 0. The minimum absolute atomic E-state index is 0.820. The zero-order valence-corrected chi connectivity index (χ0v) is 25.6. The summed E-state index contributed by atoms with van der Waals surface area (Å²) >= 11 is 0. The van der Waals surface area contributed by atoms with Crippen LogP contribution in [0.4, 0.5) is 0 Å². The number of phosphoric ester groups is 1. The molecule has 0 saturated carbocycles. The summed E-state index contributed by atoms with van der Waals surface area (Å²) in [6, 6.07) is 0. The van der Waals surface area contributed by atoms with Crippen molar-refractivity contribution in [1.82, 2.24) is 0 Å². The normalized spacial score (nSPS) is 12.0. The first kappa shape index (κ1) is 38.6. The summed E-state index contributed by atoms with van der Waals surface area (Å²) in [6.07, 6.45) is 22.9. The second-order valence-corrected chi connectivity index (χ2v) is 12.9. The van der Waals surface area contributed by atoms with Gasteiger partial charge in [0.1, 0.15) is 0 Å². The molecule has 0 bridgehead atoms. The summed E-state index contributed by atoms with van der Waals surface area (Å²) in [7, 11) is 9.85. The van der Waals surface area contributed by atoms with Crippen molar-refractivity contribution in [3.63, 3.8) is 0 Å². The van der Waals surface area contributed by atoms with Gasteiger partial charge in [-0.2, -0.15) is 0 Å². The first-order chi connectivity index (χ1) is 15.7. The molecule has 0 heterocycles. The number of unbranched alkanes of at least 4 members (excludes halogenated alkanes) is 14. The first-order valence-electron chi connectivity index (χ1n) is 13.9. The SMILES string of the molecule is CCCCCCCCCC[N+](C)(C)C.CCCCCCCCCC[N+](C)(C)C.COP(=O)([O-])[O-]. The lowest BCUT2D eigenvalue weighted by molar-refractivity contribution is -0.870. The van der Waals surface area contributed by atoms with Gasteiger partial charge in [-0.1, -0.05) is 90.9 Å². The first-order valence-corrected chi connectivity index (χ1v) is 15.3.